The van der Waals surface area contributed by atoms with Crippen molar-refractivity contribution in [1.29, 1.82) is 0 Å². The first-order valence-corrected chi connectivity index (χ1v) is 8.61. The fourth-order valence-corrected chi connectivity index (χ4v) is 3.23. The highest BCUT2D eigenvalue weighted by molar-refractivity contribution is 14.0. The normalized spacial score (nSPS) is 18.7. The van der Waals surface area contributed by atoms with E-state index in [4.69, 9.17) is 5.73 Å². The summed E-state index contributed by atoms with van der Waals surface area (Å²) in [6.07, 6.45) is 3.23. The topological polar surface area (TPSA) is 53.6 Å². The van der Waals surface area contributed by atoms with E-state index in [2.05, 4.69) is 38.1 Å². The van der Waals surface area contributed by atoms with Crippen LogP contribution >= 0.6 is 39.9 Å². The molecule has 0 aliphatic carbocycles. The van der Waals surface area contributed by atoms with E-state index in [0.29, 0.717) is 23.0 Å². The predicted molar refractivity (Wildman–Crippen MR) is 108 cm³/mol. The number of halogens is 3. The Morgan fingerprint density at radius 1 is 1.52 bits per heavy atom. The van der Waals surface area contributed by atoms with Crippen LogP contribution in [-0.4, -0.2) is 43.1 Å². The molecule has 0 spiro atoms. The van der Waals surface area contributed by atoms with Gasteiger partial charge >= 0.3 is 0 Å². The van der Waals surface area contributed by atoms with Crippen LogP contribution in [0.3, 0.4) is 0 Å². The van der Waals surface area contributed by atoms with Crippen molar-refractivity contribution in [2.75, 3.05) is 26.2 Å². The molecule has 1 heterocycles. The average Bonchev–Trinajstić information content (AvgIpc) is 2.96. The summed E-state index contributed by atoms with van der Waals surface area (Å²) < 4.78 is 13.6. The lowest BCUT2D eigenvalue weighted by molar-refractivity contribution is 0.273. The SMILES string of the molecule is CCN1CCCC1CN=C(N)NCCc1ccc(F)c(Br)c1.I. The van der Waals surface area contributed by atoms with Crippen LogP contribution in [0.2, 0.25) is 0 Å². The Kier molecular flexibility index (Phi) is 9.38. The molecular formula is C16H25BrFIN4. The van der Waals surface area contributed by atoms with Gasteiger partial charge in [0.25, 0.3) is 0 Å². The van der Waals surface area contributed by atoms with Crippen LogP contribution in [0.5, 0.6) is 0 Å². The van der Waals surface area contributed by atoms with Crippen LogP contribution in [0, 0.1) is 5.82 Å². The van der Waals surface area contributed by atoms with Gasteiger partial charge < -0.3 is 11.1 Å². The van der Waals surface area contributed by atoms with Gasteiger partial charge in [0.2, 0.25) is 0 Å². The second kappa shape index (κ2) is 10.5. The summed E-state index contributed by atoms with van der Waals surface area (Å²) in [5.41, 5.74) is 6.96. The Hall–Kier alpha value is -0.410. The summed E-state index contributed by atoms with van der Waals surface area (Å²) in [4.78, 5) is 6.89. The van der Waals surface area contributed by atoms with Gasteiger partial charge in [-0.1, -0.05) is 13.0 Å². The zero-order valence-electron chi connectivity index (χ0n) is 13.4. The second-order valence-corrected chi connectivity index (χ2v) is 6.43. The number of likely N-dealkylation sites (tertiary alicyclic amines) is 1. The molecule has 1 fully saturated rings. The van der Waals surface area contributed by atoms with Gasteiger partial charge in [-0.05, 0) is 66.0 Å². The van der Waals surface area contributed by atoms with Crippen LogP contribution in [-0.2, 0) is 6.42 Å². The molecule has 1 saturated heterocycles. The Labute approximate surface area is 163 Å². The number of benzene rings is 1. The first kappa shape index (κ1) is 20.6. The van der Waals surface area contributed by atoms with E-state index >= 15 is 0 Å². The summed E-state index contributed by atoms with van der Waals surface area (Å²) >= 11 is 3.19. The molecule has 23 heavy (non-hydrogen) atoms. The number of likely N-dealkylation sites (N-methyl/N-ethyl adjacent to an activating group) is 1. The highest BCUT2D eigenvalue weighted by Gasteiger charge is 2.22. The minimum Gasteiger partial charge on any atom is -0.370 e. The van der Waals surface area contributed by atoms with Crippen LogP contribution in [0.25, 0.3) is 0 Å². The first-order valence-electron chi connectivity index (χ1n) is 7.82. The first-order chi connectivity index (χ1) is 10.6. The Bertz CT molecular complexity index is 527. The average molecular weight is 499 g/mol. The van der Waals surface area contributed by atoms with E-state index in [1.165, 1.54) is 25.5 Å². The molecule has 2 rings (SSSR count). The van der Waals surface area contributed by atoms with E-state index < -0.39 is 0 Å². The summed E-state index contributed by atoms with van der Waals surface area (Å²) in [6.45, 7) is 5.88. The van der Waals surface area contributed by atoms with Crippen molar-refractivity contribution in [3.05, 3.63) is 34.1 Å². The molecule has 0 aromatic heterocycles. The maximum absolute atomic E-state index is 13.2. The van der Waals surface area contributed by atoms with Gasteiger partial charge in [0, 0.05) is 12.6 Å². The van der Waals surface area contributed by atoms with Gasteiger partial charge in [-0.15, -0.1) is 24.0 Å². The molecule has 3 N–H and O–H groups in total. The van der Waals surface area contributed by atoms with Gasteiger partial charge in [-0.3, -0.25) is 9.89 Å². The number of hydrogen-bond acceptors (Lipinski definition) is 2. The van der Waals surface area contributed by atoms with Gasteiger partial charge in [-0.25, -0.2) is 4.39 Å². The molecule has 0 saturated carbocycles. The number of nitrogens with zero attached hydrogens (tertiary/aromatic N) is 2. The molecule has 4 nitrogen and oxygen atoms in total. The molecule has 0 amide bonds. The molecule has 1 aliphatic heterocycles. The van der Waals surface area contributed by atoms with Crippen LogP contribution in [0.4, 0.5) is 4.39 Å². The van der Waals surface area contributed by atoms with E-state index in [1.54, 1.807) is 12.1 Å². The fourth-order valence-electron chi connectivity index (χ4n) is 2.81. The quantitative estimate of drug-likeness (QED) is 0.360. The third-order valence-corrected chi connectivity index (χ3v) is 4.69. The van der Waals surface area contributed by atoms with Crippen LogP contribution < -0.4 is 11.1 Å². The predicted octanol–water partition coefficient (Wildman–Crippen LogP) is 3.14. The summed E-state index contributed by atoms with van der Waals surface area (Å²) in [5.74, 6) is 0.249. The number of nitrogens with two attached hydrogens (primary N) is 1. The summed E-state index contributed by atoms with van der Waals surface area (Å²) in [7, 11) is 0. The zero-order chi connectivity index (χ0) is 15.9. The molecule has 7 heteroatoms. The minimum atomic E-state index is -0.241. The lowest BCUT2D eigenvalue weighted by Crippen LogP contribution is -2.36. The maximum atomic E-state index is 13.2. The standard InChI is InChI=1S/C16H24BrFN4.HI/c1-2-22-9-3-4-13(22)11-21-16(19)20-8-7-12-5-6-15(18)14(17)10-12;/h5-6,10,13H,2-4,7-9,11H2,1H3,(H3,19,20,21);1H. The monoisotopic (exact) mass is 498 g/mol. The number of guanidine groups is 1. The van der Waals surface area contributed by atoms with E-state index in [9.17, 15) is 4.39 Å². The van der Waals surface area contributed by atoms with E-state index in [0.717, 1.165) is 25.1 Å². The van der Waals surface area contributed by atoms with Crippen molar-refractivity contribution in [3.63, 3.8) is 0 Å². The number of nitrogens with one attached hydrogen (secondary N) is 1. The highest BCUT2D eigenvalue weighted by atomic mass is 127. The molecular weight excluding hydrogens is 474 g/mol. The largest absolute Gasteiger partial charge is 0.370 e. The molecule has 130 valence electrons. The summed E-state index contributed by atoms with van der Waals surface area (Å²) in [6, 6.07) is 5.57. The van der Waals surface area contributed by atoms with Crippen LogP contribution in [0.1, 0.15) is 25.3 Å². The van der Waals surface area contributed by atoms with Crippen molar-refractivity contribution >= 4 is 45.9 Å². The molecule has 1 aromatic carbocycles. The van der Waals surface area contributed by atoms with Gasteiger partial charge in [0.15, 0.2) is 5.96 Å². The zero-order valence-corrected chi connectivity index (χ0v) is 17.3. The van der Waals surface area contributed by atoms with Gasteiger partial charge in [0.1, 0.15) is 5.82 Å². The third-order valence-electron chi connectivity index (χ3n) is 4.08. The second-order valence-electron chi connectivity index (χ2n) is 5.58. The van der Waals surface area contributed by atoms with Crippen molar-refractivity contribution in [2.45, 2.75) is 32.2 Å². The Morgan fingerprint density at radius 2 is 2.30 bits per heavy atom. The molecule has 1 atom stereocenters. The lowest BCUT2D eigenvalue weighted by Gasteiger charge is -2.20. The van der Waals surface area contributed by atoms with Crippen molar-refractivity contribution in [3.8, 4) is 0 Å². The lowest BCUT2D eigenvalue weighted by atomic mass is 10.1. The highest BCUT2D eigenvalue weighted by Crippen LogP contribution is 2.17. The number of aliphatic imine (C=N–C) groups is 1. The van der Waals surface area contributed by atoms with E-state index in [-0.39, 0.29) is 29.8 Å². The number of hydrogen-bond donors (Lipinski definition) is 2. The maximum Gasteiger partial charge on any atom is 0.188 e. The smallest absolute Gasteiger partial charge is 0.188 e. The molecule has 1 unspecified atom stereocenters. The fraction of sp³-hybridized carbons (Fsp3) is 0.562. The van der Waals surface area contributed by atoms with Gasteiger partial charge in [0.05, 0.1) is 11.0 Å². The van der Waals surface area contributed by atoms with E-state index in [1.807, 2.05) is 0 Å². The summed E-state index contributed by atoms with van der Waals surface area (Å²) in [5, 5.41) is 3.12. The minimum absolute atomic E-state index is 0. The van der Waals surface area contributed by atoms with Crippen LogP contribution in [0.15, 0.2) is 27.7 Å². The Morgan fingerprint density at radius 3 is 3.00 bits per heavy atom. The van der Waals surface area contributed by atoms with Gasteiger partial charge in [-0.2, -0.15) is 0 Å². The molecule has 0 bridgehead atoms. The third kappa shape index (κ3) is 6.54. The molecule has 1 aromatic rings. The van der Waals surface area contributed by atoms with Crippen molar-refractivity contribution < 1.29 is 4.39 Å². The van der Waals surface area contributed by atoms with Crippen molar-refractivity contribution in [1.82, 2.24) is 10.2 Å². The Balaban J connectivity index is 0.00000264. The molecule has 1 aliphatic rings. The van der Waals surface area contributed by atoms with Crippen molar-refractivity contribution in [2.24, 2.45) is 10.7 Å². The molecule has 0 radical (unpaired) electrons. The number of rotatable bonds is 6.